The monoisotopic (exact) mass is 457 g/mol. The van der Waals surface area contributed by atoms with Gasteiger partial charge in [0.15, 0.2) is 13.0 Å². The molecule has 2 atom stereocenters. The Labute approximate surface area is 203 Å². The Morgan fingerprint density at radius 2 is 1.64 bits per heavy atom. The van der Waals surface area contributed by atoms with Gasteiger partial charge in [-0.05, 0) is 73.1 Å². The van der Waals surface area contributed by atoms with Crippen LogP contribution in [-0.4, -0.2) is 61.5 Å². The van der Waals surface area contributed by atoms with E-state index in [4.69, 9.17) is 6.42 Å². The van der Waals surface area contributed by atoms with Crippen LogP contribution in [0.5, 0.6) is 0 Å². The van der Waals surface area contributed by atoms with Crippen LogP contribution >= 0.6 is 0 Å². The first-order chi connectivity index (χ1) is 15.1. The van der Waals surface area contributed by atoms with E-state index in [0.717, 1.165) is 12.8 Å². The fourth-order valence-electron chi connectivity index (χ4n) is 3.96. The van der Waals surface area contributed by atoms with E-state index >= 15 is 0 Å². The van der Waals surface area contributed by atoms with Gasteiger partial charge in [-0.2, -0.15) is 0 Å². The molecule has 0 radical (unpaired) electrons. The summed E-state index contributed by atoms with van der Waals surface area (Å²) in [6.45, 7) is 13.9. The second-order valence-electron chi connectivity index (χ2n) is 11.6. The Kier molecular flexibility index (Phi) is 10.9. The second-order valence-corrected chi connectivity index (χ2v) is 11.6. The van der Waals surface area contributed by atoms with Crippen molar-refractivity contribution in [2.24, 2.45) is 5.41 Å². The number of hydrogen-bond acceptors (Lipinski definition) is 5. The molecule has 1 amide bonds. The Balaban J connectivity index is 2.87. The van der Waals surface area contributed by atoms with E-state index in [1.54, 1.807) is 0 Å². The van der Waals surface area contributed by atoms with Crippen LogP contribution in [0, 0.1) is 17.8 Å². The highest BCUT2D eigenvalue weighted by molar-refractivity contribution is 7.08. The maximum absolute atomic E-state index is 13.8. The van der Waals surface area contributed by atoms with Crippen LogP contribution < -0.4 is 16.0 Å². The molecule has 0 aromatic heterocycles. The number of carbonyl (C=O) groups excluding carboxylic acids is 3. The molecule has 0 heterocycles. The second kappa shape index (κ2) is 12.2. The highest BCUT2D eigenvalue weighted by Gasteiger charge is 2.46. The molecule has 1 aliphatic carbocycles. The average Bonchev–Trinajstić information content (AvgIpc) is 2.68. The molecule has 33 heavy (non-hydrogen) atoms. The van der Waals surface area contributed by atoms with Crippen LogP contribution in [0.2, 0.25) is 0 Å². The van der Waals surface area contributed by atoms with Gasteiger partial charge in [0.05, 0.1) is 25.5 Å². The SMILES string of the molecule is BBC(=O)CCC(NC(C)(C)C)C(=O)C(C)(C)C(C)(C)NC(C#C)CCC(=O)NC1CCC1. The summed E-state index contributed by atoms with van der Waals surface area (Å²) < 4.78 is 0. The third kappa shape index (κ3) is 9.29. The van der Waals surface area contributed by atoms with Gasteiger partial charge in [0, 0.05) is 29.0 Å². The molecule has 0 bridgehead atoms. The molecule has 1 rings (SSSR count). The normalized spacial score (nSPS) is 16.8. The van der Waals surface area contributed by atoms with Gasteiger partial charge in [0.1, 0.15) is 0 Å². The topological polar surface area (TPSA) is 87.3 Å². The van der Waals surface area contributed by atoms with E-state index in [1.165, 1.54) is 6.42 Å². The predicted octanol–water partition coefficient (Wildman–Crippen LogP) is 1.45. The molecule has 1 saturated carbocycles. The number of carbonyl (C=O) groups is 3. The van der Waals surface area contributed by atoms with Crippen LogP contribution in [0.25, 0.3) is 0 Å². The highest BCUT2D eigenvalue weighted by atomic mass is 16.2. The van der Waals surface area contributed by atoms with Gasteiger partial charge < -0.3 is 15.4 Å². The van der Waals surface area contributed by atoms with E-state index in [-0.39, 0.29) is 29.0 Å². The zero-order valence-electron chi connectivity index (χ0n) is 22.2. The summed E-state index contributed by atoms with van der Waals surface area (Å²) in [5, 5.41) is 9.94. The smallest absolute Gasteiger partial charge is 0.220 e. The van der Waals surface area contributed by atoms with Crippen molar-refractivity contribution in [2.45, 2.75) is 123 Å². The van der Waals surface area contributed by atoms with Crippen LogP contribution in [0.1, 0.15) is 93.4 Å². The number of rotatable bonds is 14. The van der Waals surface area contributed by atoms with Crippen molar-refractivity contribution in [3.05, 3.63) is 0 Å². The first-order valence-electron chi connectivity index (χ1n) is 12.5. The Bertz CT molecular complexity index is 734. The molecule has 3 N–H and O–H groups in total. The van der Waals surface area contributed by atoms with Crippen LogP contribution in [0.4, 0.5) is 0 Å². The molecule has 8 heteroatoms. The van der Waals surface area contributed by atoms with Gasteiger partial charge in [-0.3, -0.25) is 14.9 Å². The van der Waals surface area contributed by atoms with Crippen LogP contribution in [0.3, 0.4) is 0 Å². The zero-order chi connectivity index (χ0) is 25.4. The summed E-state index contributed by atoms with van der Waals surface area (Å²) >= 11 is 0. The number of terminal acetylenes is 1. The lowest BCUT2D eigenvalue weighted by molar-refractivity contribution is -0.134. The zero-order valence-corrected chi connectivity index (χ0v) is 22.2. The maximum Gasteiger partial charge on any atom is 0.220 e. The van der Waals surface area contributed by atoms with Gasteiger partial charge in [-0.1, -0.05) is 19.8 Å². The number of Topliss-reactive ketones (excluding diaryl/α,β-unsaturated/α-hetero) is 1. The highest BCUT2D eigenvalue weighted by Crippen LogP contribution is 2.34. The van der Waals surface area contributed by atoms with Gasteiger partial charge in [-0.15, -0.1) is 6.42 Å². The minimum absolute atomic E-state index is 0.0323. The fourth-order valence-corrected chi connectivity index (χ4v) is 3.96. The first-order valence-corrected chi connectivity index (χ1v) is 12.5. The van der Waals surface area contributed by atoms with E-state index in [1.807, 2.05) is 56.2 Å². The Morgan fingerprint density at radius 1 is 1.03 bits per heavy atom. The number of ketones is 1. The van der Waals surface area contributed by atoms with Crippen LogP contribution in [-0.2, 0) is 14.4 Å². The van der Waals surface area contributed by atoms with Crippen molar-refractivity contribution in [2.75, 3.05) is 0 Å². The molecule has 0 saturated heterocycles. The molecule has 0 aromatic rings. The van der Waals surface area contributed by atoms with E-state index < -0.39 is 17.0 Å². The van der Waals surface area contributed by atoms with E-state index in [9.17, 15) is 14.4 Å². The fraction of sp³-hybridized carbons (Fsp3) is 0.800. The molecule has 1 aliphatic rings. The molecule has 1 fully saturated rings. The van der Waals surface area contributed by atoms with E-state index in [2.05, 4.69) is 21.9 Å². The summed E-state index contributed by atoms with van der Waals surface area (Å²) in [6, 6.07) is -0.446. The van der Waals surface area contributed by atoms with Gasteiger partial charge in [0.2, 0.25) is 5.91 Å². The third-order valence-corrected chi connectivity index (χ3v) is 7.08. The molecule has 2 unspecified atom stereocenters. The standard InChI is InChI=1S/C25H45B2N3O3/c1-9-17(13-16-21(32)28-18-11-10-12-18)29-25(7,8)24(5,6)22(33)19(30-23(2,3)4)14-15-20(31)27-26/h1,17-19,27,29-30H,10-16,26H2,2-8H3,(H,28,32). The summed E-state index contributed by atoms with van der Waals surface area (Å²) in [7, 11) is 2.32. The predicted molar refractivity (Wildman–Crippen MR) is 140 cm³/mol. The first kappa shape index (κ1) is 29.5. The average molecular weight is 457 g/mol. The van der Waals surface area contributed by atoms with Crippen molar-refractivity contribution < 1.29 is 14.4 Å². The van der Waals surface area contributed by atoms with Crippen LogP contribution in [0.15, 0.2) is 0 Å². The van der Waals surface area contributed by atoms with Crippen molar-refractivity contribution in [3.63, 3.8) is 0 Å². The van der Waals surface area contributed by atoms with Crippen molar-refractivity contribution in [1.29, 1.82) is 0 Å². The lowest BCUT2D eigenvalue weighted by Crippen LogP contribution is -2.62. The molecule has 184 valence electrons. The van der Waals surface area contributed by atoms with Crippen molar-refractivity contribution >= 4 is 32.3 Å². The third-order valence-electron chi connectivity index (χ3n) is 7.08. The van der Waals surface area contributed by atoms with Gasteiger partial charge in [0.25, 0.3) is 0 Å². The van der Waals surface area contributed by atoms with Gasteiger partial charge in [-0.25, -0.2) is 0 Å². The summed E-state index contributed by atoms with van der Waals surface area (Å²) in [5.74, 6) is 2.84. The molecule has 0 aromatic carbocycles. The lowest BCUT2D eigenvalue weighted by Gasteiger charge is -2.45. The minimum Gasteiger partial charge on any atom is -0.353 e. The Hall–Kier alpha value is -1.58. The summed E-state index contributed by atoms with van der Waals surface area (Å²) in [5.41, 5.74) is -1.50. The molecular formula is C25H45B2N3O3. The number of amides is 1. The molecule has 0 spiro atoms. The molecule has 6 nitrogen and oxygen atoms in total. The lowest BCUT2D eigenvalue weighted by atomic mass is 9.52. The summed E-state index contributed by atoms with van der Waals surface area (Å²) in [4.78, 5) is 37.9. The molecule has 0 aliphatic heterocycles. The largest absolute Gasteiger partial charge is 0.353 e. The number of nitrogens with one attached hydrogen (secondary N) is 3. The van der Waals surface area contributed by atoms with Gasteiger partial charge >= 0.3 is 0 Å². The van der Waals surface area contributed by atoms with Crippen molar-refractivity contribution in [3.8, 4) is 12.3 Å². The maximum atomic E-state index is 13.8. The summed E-state index contributed by atoms with van der Waals surface area (Å²) in [6.07, 6.45) is 10.8. The van der Waals surface area contributed by atoms with E-state index in [0.29, 0.717) is 38.9 Å². The minimum atomic E-state index is -0.769. The Morgan fingerprint density at radius 3 is 2.09 bits per heavy atom. The number of hydrogen-bond donors (Lipinski definition) is 3. The quantitative estimate of drug-likeness (QED) is 0.272. The van der Waals surface area contributed by atoms with Crippen molar-refractivity contribution in [1.82, 2.24) is 16.0 Å². The molecular weight excluding hydrogens is 412 g/mol.